The predicted octanol–water partition coefficient (Wildman–Crippen LogP) is 4.64. The van der Waals surface area contributed by atoms with E-state index >= 15 is 0 Å². The quantitative estimate of drug-likeness (QED) is 0.198. The van der Waals surface area contributed by atoms with Crippen molar-refractivity contribution in [3.63, 3.8) is 0 Å². The van der Waals surface area contributed by atoms with Crippen molar-refractivity contribution in [2.24, 2.45) is 5.92 Å². The normalized spacial score (nSPS) is 11.0. The Bertz CT molecular complexity index is 248. The second-order valence-corrected chi connectivity index (χ2v) is 4.97. The van der Waals surface area contributed by atoms with Gasteiger partial charge in [0.25, 0.3) is 0 Å². The van der Waals surface area contributed by atoms with Gasteiger partial charge in [0.1, 0.15) is 12.6 Å². The third-order valence-corrected chi connectivity index (χ3v) is 3.20. The van der Waals surface area contributed by atoms with Crippen molar-refractivity contribution < 1.29 is 9.59 Å². The molecule has 0 saturated heterocycles. The van der Waals surface area contributed by atoms with E-state index in [1.807, 2.05) is 6.08 Å². The molecule has 0 unspecified atom stereocenters. The van der Waals surface area contributed by atoms with Gasteiger partial charge in [-0.3, -0.25) is 0 Å². The Kier molecular flexibility index (Phi) is 14.0. The SMILES string of the molecule is C=CCCCCCCC=CCCCCC(C=O)C=O. The third-order valence-electron chi connectivity index (χ3n) is 3.20. The van der Waals surface area contributed by atoms with E-state index in [4.69, 9.17) is 0 Å². The molecule has 0 N–H and O–H groups in total. The molecule has 0 heterocycles. The number of carbonyl (C=O) groups excluding carboxylic acids is 2. The van der Waals surface area contributed by atoms with Gasteiger partial charge < -0.3 is 9.59 Å². The fourth-order valence-electron chi connectivity index (χ4n) is 1.95. The highest BCUT2D eigenvalue weighted by atomic mass is 16.1. The van der Waals surface area contributed by atoms with E-state index in [2.05, 4.69) is 18.7 Å². The van der Waals surface area contributed by atoms with E-state index in [0.29, 0.717) is 6.42 Å². The van der Waals surface area contributed by atoms with Crippen LogP contribution < -0.4 is 0 Å². The summed E-state index contributed by atoms with van der Waals surface area (Å²) in [6, 6.07) is 0. The Balaban J connectivity index is 3.23. The average Bonchev–Trinajstić information content (AvgIpc) is 2.44. The van der Waals surface area contributed by atoms with Crippen LogP contribution >= 0.6 is 0 Å². The van der Waals surface area contributed by atoms with Crippen molar-refractivity contribution in [3.05, 3.63) is 24.8 Å². The summed E-state index contributed by atoms with van der Waals surface area (Å²) in [6.45, 7) is 3.72. The minimum atomic E-state index is -0.389. The van der Waals surface area contributed by atoms with Crippen LogP contribution in [-0.4, -0.2) is 12.6 Å². The summed E-state index contributed by atoms with van der Waals surface area (Å²) >= 11 is 0. The van der Waals surface area contributed by atoms with Crippen molar-refractivity contribution >= 4 is 12.6 Å². The highest BCUT2D eigenvalue weighted by Gasteiger charge is 2.03. The number of hydrogen-bond donors (Lipinski definition) is 0. The molecule has 0 fully saturated rings. The van der Waals surface area contributed by atoms with Crippen LogP contribution in [0.4, 0.5) is 0 Å². The Morgan fingerprint density at radius 3 is 1.79 bits per heavy atom. The monoisotopic (exact) mass is 264 g/mol. The van der Waals surface area contributed by atoms with Gasteiger partial charge in [-0.1, -0.05) is 37.5 Å². The Labute approximate surface area is 118 Å². The van der Waals surface area contributed by atoms with Crippen molar-refractivity contribution in [1.82, 2.24) is 0 Å². The first-order chi connectivity index (χ1) is 9.35. The van der Waals surface area contributed by atoms with E-state index in [-0.39, 0.29) is 5.92 Å². The topological polar surface area (TPSA) is 34.1 Å². The summed E-state index contributed by atoms with van der Waals surface area (Å²) in [5, 5.41) is 0. The standard InChI is InChI=1S/C17H28O2/c1-2-3-4-5-6-7-8-9-10-11-12-13-14-17(15-18)16-19/h2,9-10,15-17H,1,3-8,11-14H2. The Hall–Kier alpha value is -1.18. The number of carbonyl (C=O) groups is 2. The molecule has 0 aliphatic rings. The Morgan fingerprint density at radius 2 is 1.26 bits per heavy atom. The maximum absolute atomic E-state index is 10.4. The van der Waals surface area contributed by atoms with Gasteiger partial charge in [0, 0.05) is 0 Å². The summed E-state index contributed by atoms with van der Waals surface area (Å²) in [5.74, 6) is -0.389. The maximum Gasteiger partial charge on any atom is 0.130 e. The zero-order valence-electron chi connectivity index (χ0n) is 12.1. The van der Waals surface area contributed by atoms with Crippen LogP contribution in [0.1, 0.15) is 64.2 Å². The molecule has 19 heavy (non-hydrogen) atoms. The lowest BCUT2D eigenvalue weighted by molar-refractivity contribution is -0.119. The fraction of sp³-hybridized carbons (Fsp3) is 0.647. The Morgan fingerprint density at radius 1 is 0.737 bits per heavy atom. The number of allylic oxidation sites excluding steroid dienone is 3. The van der Waals surface area contributed by atoms with Crippen LogP contribution in [-0.2, 0) is 9.59 Å². The van der Waals surface area contributed by atoms with E-state index in [1.54, 1.807) is 0 Å². The van der Waals surface area contributed by atoms with Crippen LogP contribution in [0.15, 0.2) is 24.8 Å². The summed E-state index contributed by atoms with van der Waals surface area (Å²) in [5.41, 5.74) is 0. The molecule has 0 atom stereocenters. The van der Waals surface area contributed by atoms with E-state index in [1.165, 1.54) is 32.1 Å². The summed E-state index contributed by atoms with van der Waals surface area (Å²) in [7, 11) is 0. The molecule has 0 aromatic heterocycles. The average molecular weight is 264 g/mol. The van der Waals surface area contributed by atoms with Crippen LogP contribution in [0, 0.1) is 5.92 Å². The minimum Gasteiger partial charge on any atom is -0.303 e. The number of unbranched alkanes of at least 4 members (excludes halogenated alkanes) is 7. The van der Waals surface area contributed by atoms with Crippen LogP contribution in [0.5, 0.6) is 0 Å². The first kappa shape index (κ1) is 17.8. The molecule has 0 bridgehead atoms. The molecule has 2 nitrogen and oxygen atoms in total. The summed E-state index contributed by atoms with van der Waals surface area (Å²) in [6.07, 6.45) is 19.2. The molecule has 0 aliphatic heterocycles. The van der Waals surface area contributed by atoms with Gasteiger partial charge in [-0.05, 0) is 44.9 Å². The van der Waals surface area contributed by atoms with Gasteiger partial charge in [0.15, 0.2) is 0 Å². The first-order valence-electron chi connectivity index (χ1n) is 7.51. The fourth-order valence-corrected chi connectivity index (χ4v) is 1.95. The predicted molar refractivity (Wildman–Crippen MR) is 81.1 cm³/mol. The number of rotatable bonds is 14. The smallest absolute Gasteiger partial charge is 0.130 e. The van der Waals surface area contributed by atoms with Crippen LogP contribution in [0.25, 0.3) is 0 Å². The molecule has 0 aromatic carbocycles. The van der Waals surface area contributed by atoms with Gasteiger partial charge >= 0.3 is 0 Å². The van der Waals surface area contributed by atoms with Crippen molar-refractivity contribution in [2.75, 3.05) is 0 Å². The second-order valence-electron chi connectivity index (χ2n) is 4.97. The van der Waals surface area contributed by atoms with Crippen LogP contribution in [0.2, 0.25) is 0 Å². The second kappa shape index (κ2) is 14.9. The molecule has 0 saturated carbocycles. The van der Waals surface area contributed by atoms with E-state index < -0.39 is 0 Å². The molecule has 2 heteroatoms. The van der Waals surface area contributed by atoms with Gasteiger partial charge in [-0.25, -0.2) is 0 Å². The molecule has 0 radical (unpaired) electrons. The molecule has 108 valence electrons. The highest BCUT2D eigenvalue weighted by Crippen LogP contribution is 2.08. The van der Waals surface area contributed by atoms with E-state index in [0.717, 1.165) is 38.3 Å². The molecule has 0 spiro atoms. The van der Waals surface area contributed by atoms with Crippen molar-refractivity contribution in [1.29, 1.82) is 0 Å². The number of aldehydes is 2. The molecular weight excluding hydrogens is 236 g/mol. The number of hydrogen-bond acceptors (Lipinski definition) is 2. The molecule has 0 aromatic rings. The van der Waals surface area contributed by atoms with E-state index in [9.17, 15) is 9.59 Å². The van der Waals surface area contributed by atoms with Crippen molar-refractivity contribution in [2.45, 2.75) is 64.2 Å². The molecular formula is C17H28O2. The van der Waals surface area contributed by atoms with Crippen molar-refractivity contribution in [3.8, 4) is 0 Å². The lowest BCUT2D eigenvalue weighted by Crippen LogP contribution is -2.02. The van der Waals surface area contributed by atoms with Crippen LogP contribution in [0.3, 0.4) is 0 Å². The van der Waals surface area contributed by atoms with Gasteiger partial charge in [-0.15, -0.1) is 6.58 Å². The van der Waals surface area contributed by atoms with Gasteiger partial charge in [0.05, 0.1) is 5.92 Å². The largest absolute Gasteiger partial charge is 0.303 e. The summed E-state index contributed by atoms with van der Waals surface area (Å²) in [4.78, 5) is 20.8. The third kappa shape index (κ3) is 13.1. The maximum atomic E-state index is 10.4. The minimum absolute atomic E-state index is 0.389. The van der Waals surface area contributed by atoms with Gasteiger partial charge in [-0.2, -0.15) is 0 Å². The lowest BCUT2D eigenvalue weighted by Gasteiger charge is -2.00. The zero-order valence-corrected chi connectivity index (χ0v) is 12.1. The van der Waals surface area contributed by atoms with Gasteiger partial charge in [0.2, 0.25) is 0 Å². The molecule has 0 amide bonds. The first-order valence-corrected chi connectivity index (χ1v) is 7.51. The lowest BCUT2D eigenvalue weighted by atomic mass is 10.0. The summed E-state index contributed by atoms with van der Waals surface area (Å²) < 4.78 is 0. The zero-order chi connectivity index (χ0) is 14.2. The highest BCUT2D eigenvalue weighted by molar-refractivity contribution is 5.77. The molecule has 0 rings (SSSR count). The molecule has 0 aliphatic carbocycles.